The van der Waals surface area contributed by atoms with E-state index in [9.17, 15) is 5.11 Å². The zero-order chi connectivity index (χ0) is 13.2. The minimum Gasteiger partial charge on any atom is -0.493 e. The number of ether oxygens (including phenoxy) is 1. The van der Waals surface area contributed by atoms with E-state index in [-0.39, 0.29) is 5.92 Å². The maximum absolute atomic E-state index is 10.5. The minimum absolute atomic E-state index is 0.00419. The summed E-state index contributed by atoms with van der Waals surface area (Å²) in [5, 5.41) is 14.8. The van der Waals surface area contributed by atoms with Crippen molar-refractivity contribution in [3.8, 4) is 5.75 Å². The van der Waals surface area contributed by atoms with Crippen LogP contribution in [0.4, 0.5) is 0 Å². The number of aryl methyl sites for hydroxylation is 1. The van der Waals surface area contributed by atoms with Gasteiger partial charge in [0.25, 0.3) is 0 Å². The minimum atomic E-state index is -0.561. The lowest BCUT2D eigenvalue weighted by atomic mass is 9.92. The second-order valence-electron chi connectivity index (χ2n) is 4.94. The summed E-state index contributed by atoms with van der Waals surface area (Å²) in [4.78, 5) is 0. The molecule has 2 heterocycles. The van der Waals surface area contributed by atoms with Crippen LogP contribution in [0.25, 0.3) is 0 Å². The average Bonchev–Trinajstić information content (AvgIpc) is 3.05. The van der Waals surface area contributed by atoms with E-state index in [4.69, 9.17) is 4.74 Å². The first-order valence-electron chi connectivity index (χ1n) is 6.71. The largest absolute Gasteiger partial charge is 0.493 e. The van der Waals surface area contributed by atoms with Gasteiger partial charge in [-0.15, -0.1) is 0 Å². The Bertz CT molecular complexity index is 565. The van der Waals surface area contributed by atoms with Gasteiger partial charge in [0.2, 0.25) is 0 Å². The third kappa shape index (κ3) is 2.24. The van der Waals surface area contributed by atoms with Crippen LogP contribution in [0.1, 0.15) is 36.5 Å². The van der Waals surface area contributed by atoms with Gasteiger partial charge in [-0.05, 0) is 12.5 Å². The van der Waals surface area contributed by atoms with Gasteiger partial charge in [0, 0.05) is 23.9 Å². The first kappa shape index (κ1) is 12.2. The molecule has 0 spiro atoms. The number of fused-ring (bicyclic) bond motifs is 1. The zero-order valence-corrected chi connectivity index (χ0v) is 11.0. The Balaban J connectivity index is 1.82. The number of para-hydroxylation sites is 1. The highest BCUT2D eigenvalue weighted by Crippen LogP contribution is 2.40. The second kappa shape index (κ2) is 5.05. The molecule has 1 aromatic heterocycles. The number of rotatable bonds is 4. The molecule has 0 saturated carbocycles. The van der Waals surface area contributed by atoms with Crippen LogP contribution in [-0.4, -0.2) is 21.5 Å². The number of hydrogen-bond acceptors (Lipinski definition) is 3. The molecule has 2 aromatic rings. The summed E-state index contributed by atoms with van der Waals surface area (Å²) in [6.07, 6.45) is 4.15. The van der Waals surface area contributed by atoms with Crippen molar-refractivity contribution in [2.75, 3.05) is 6.61 Å². The third-order valence-electron chi connectivity index (χ3n) is 3.57. The van der Waals surface area contributed by atoms with E-state index in [1.54, 1.807) is 6.20 Å². The van der Waals surface area contributed by atoms with Crippen molar-refractivity contribution in [1.82, 2.24) is 9.78 Å². The Labute approximate surface area is 112 Å². The number of aliphatic hydroxyl groups is 1. The molecule has 19 heavy (non-hydrogen) atoms. The zero-order valence-electron chi connectivity index (χ0n) is 11.0. The van der Waals surface area contributed by atoms with Crippen molar-refractivity contribution in [1.29, 1.82) is 0 Å². The first-order valence-corrected chi connectivity index (χ1v) is 6.71. The fourth-order valence-electron chi connectivity index (χ4n) is 2.56. The Hall–Kier alpha value is -1.81. The van der Waals surface area contributed by atoms with Gasteiger partial charge in [0.1, 0.15) is 5.75 Å². The van der Waals surface area contributed by atoms with Crippen molar-refractivity contribution in [2.45, 2.75) is 31.9 Å². The fourth-order valence-corrected chi connectivity index (χ4v) is 2.56. The molecule has 1 N–H and O–H groups in total. The molecule has 0 bridgehead atoms. The molecule has 0 fully saturated rings. The van der Waals surface area contributed by atoms with Gasteiger partial charge in [-0.25, -0.2) is 0 Å². The lowest BCUT2D eigenvalue weighted by Crippen LogP contribution is -2.11. The topological polar surface area (TPSA) is 47.3 Å². The van der Waals surface area contributed by atoms with Crippen LogP contribution in [0.3, 0.4) is 0 Å². The summed E-state index contributed by atoms with van der Waals surface area (Å²) in [6.45, 7) is 3.52. The van der Waals surface area contributed by atoms with Crippen LogP contribution in [0.2, 0.25) is 0 Å². The Morgan fingerprint density at radius 2 is 2.32 bits per heavy atom. The molecule has 0 aliphatic carbocycles. The van der Waals surface area contributed by atoms with Gasteiger partial charge < -0.3 is 9.84 Å². The molecule has 0 amide bonds. The molecule has 0 saturated heterocycles. The molecule has 2 atom stereocenters. The quantitative estimate of drug-likeness (QED) is 0.916. The fraction of sp³-hybridized carbons (Fsp3) is 0.400. The van der Waals surface area contributed by atoms with Crippen LogP contribution >= 0.6 is 0 Å². The molecule has 1 aromatic carbocycles. The molecule has 4 nitrogen and oxygen atoms in total. The van der Waals surface area contributed by atoms with Crippen molar-refractivity contribution in [3.63, 3.8) is 0 Å². The van der Waals surface area contributed by atoms with Crippen molar-refractivity contribution < 1.29 is 9.84 Å². The predicted octanol–water partition coefficient (Wildman–Crippen LogP) is 2.50. The number of nitrogens with zero attached hydrogens (tertiary/aromatic N) is 2. The summed E-state index contributed by atoms with van der Waals surface area (Å²) in [5.74, 6) is 0.878. The van der Waals surface area contributed by atoms with Crippen LogP contribution < -0.4 is 4.74 Å². The molecule has 2 unspecified atom stereocenters. The highest BCUT2D eigenvalue weighted by atomic mass is 16.5. The van der Waals surface area contributed by atoms with E-state index in [1.807, 2.05) is 35.1 Å². The van der Waals surface area contributed by atoms with E-state index in [0.717, 1.165) is 29.8 Å². The van der Waals surface area contributed by atoms with E-state index in [2.05, 4.69) is 12.0 Å². The lowest BCUT2D eigenvalue weighted by molar-refractivity contribution is 0.130. The monoisotopic (exact) mass is 258 g/mol. The normalized spacial score (nSPS) is 18.9. The van der Waals surface area contributed by atoms with Gasteiger partial charge in [-0.2, -0.15) is 5.10 Å². The van der Waals surface area contributed by atoms with E-state index >= 15 is 0 Å². The van der Waals surface area contributed by atoms with Gasteiger partial charge in [0.15, 0.2) is 0 Å². The maximum atomic E-state index is 10.5. The van der Waals surface area contributed by atoms with Crippen LogP contribution in [0, 0.1) is 0 Å². The Morgan fingerprint density at radius 3 is 3.16 bits per heavy atom. The van der Waals surface area contributed by atoms with Crippen molar-refractivity contribution in [3.05, 3.63) is 47.8 Å². The summed E-state index contributed by atoms with van der Waals surface area (Å²) in [6, 6.07) is 7.90. The smallest absolute Gasteiger partial charge is 0.123 e. The standard InChI is InChI=1S/C15H18N2O2/c1-2-7-17-9-11(8-16-17)15(18)13-10-19-14-6-4-3-5-12(13)14/h3-6,8-9,13,15,18H,2,7,10H2,1H3. The summed E-state index contributed by atoms with van der Waals surface area (Å²) in [7, 11) is 0. The highest BCUT2D eigenvalue weighted by molar-refractivity contribution is 5.41. The Morgan fingerprint density at radius 1 is 1.47 bits per heavy atom. The van der Waals surface area contributed by atoms with Crippen LogP contribution in [0.5, 0.6) is 5.75 Å². The van der Waals surface area contributed by atoms with Crippen molar-refractivity contribution >= 4 is 0 Å². The summed E-state index contributed by atoms with van der Waals surface area (Å²) >= 11 is 0. The third-order valence-corrected chi connectivity index (χ3v) is 3.57. The van der Waals surface area contributed by atoms with Gasteiger partial charge in [-0.1, -0.05) is 25.1 Å². The first-order chi connectivity index (χ1) is 9.29. The Kier molecular flexibility index (Phi) is 3.25. The summed E-state index contributed by atoms with van der Waals surface area (Å²) < 4.78 is 7.50. The van der Waals surface area contributed by atoms with E-state index in [1.165, 1.54) is 0 Å². The lowest BCUT2D eigenvalue weighted by Gasteiger charge is -2.15. The van der Waals surface area contributed by atoms with Gasteiger partial charge >= 0.3 is 0 Å². The number of benzene rings is 1. The molecular weight excluding hydrogens is 240 g/mol. The highest BCUT2D eigenvalue weighted by Gasteiger charge is 2.31. The molecule has 4 heteroatoms. The molecular formula is C15H18N2O2. The maximum Gasteiger partial charge on any atom is 0.123 e. The average molecular weight is 258 g/mol. The van der Waals surface area contributed by atoms with Crippen molar-refractivity contribution in [2.24, 2.45) is 0 Å². The van der Waals surface area contributed by atoms with E-state index < -0.39 is 6.10 Å². The van der Waals surface area contributed by atoms with E-state index in [0.29, 0.717) is 6.61 Å². The van der Waals surface area contributed by atoms with Crippen LogP contribution in [0.15, 0.2) is 36.7 Å². The predicted molar refractivity (Wildman–Crippen MR) is 72.2 cm³/mol. The molecule has 3 rings (SSSR count). The molecule has 0 radical (unpaired) electrons. The summed E-state index contributed by atoms with van der Waals surface area (Å²) in [5.41, 5.74) is 1.94. The molecule has 1 aliphatic rings. The van der Waals surface area contributed by atoms with Crippen LogP contribution in [-0.2, 0) is 6.54 Å². The second-order valence-corrected chi connectivity index (χ2v) is 4.94. The number of aromatic nitrogens is 2. The SMILES string of the molecule is CCCn1cc(C(O)C2COc3ccccc32)cn1. The number of hydrogen-bond donors (Lipinski definition) is 1. The molecule has 1 aliphatic heterocycles. The van der Waals surface area contributed by atoms with Gasteiger partial charge in [0.05, 0.1) is 24.8 Å². The number of aliphatic hydroxyl groups excluding tert-OH is 1. The molecule has 100 valence electrons. The van der Waals surface area contributed by atoms with Gasteiger partial charge in [-0.3, -0.25) is 4.68 Å².